The molecule has 1 atom stereocenters. The minimum Gasteiger partial charge on any atom is -0.466 e. The molecule has 0 fully saturated rings. The molecule has 0 saturated carbocycles. The molecule has 14 heavy (non-hydrogen) atoms. The molecule has 80 valence electrons. The maximum atomic E-state index is 11.1. The highest BCUT2D eigenvalue weighted by Crippen LogP contribution is 2.07. The Bertz CT molecular complexity index is 242. The predicted molar refractivity (Wildman–Crippen MR) is 48.4 cm³/mol. The van der Waals surface area contributed by atoms with Crippen molar-refractivity contribution in [2.24, 2.45) is 0 Å². The molecule has 0 spiro atoms. The Balaban J connectivity index is 4.62. The molecule has 0 aliphatic carbocycles. The van der Waals surface area contributed by atoms with Crippen LogP contribution in [0.3, 0.4) is 0 Å². The van der Waals surface area contributed by atoms with Gasteiger partial charge >= 0.3 is 11.9 Å². The standard InChI is InChI=1S/C9H14O5/c1-6(10)4-7(9(12)14-3)5-8(11)13-2/h5-6,10H,4H2,1-3H3/b7-5-. The van der Waals surface area contributed by atoms with Gasteiger partial charge in [-0.2, -0.15) is 0 Å². The first kappa shape index (κ1) is 12.6. The summed E-state index contributed by atoms with van der Waals surface area (Å²) in [5, 5.41) is 9.05. The van der Waals surface area contributed by atoms with E-state index in [4.69, 9.17) is 5.11 Å². The molecule has 5 nitrogen and oxygen atoms in total. The smallest absolute Gasteiger partial charge is 0.334 e. The first-order valence-electron chi connectivity index (χ1n) is 4.06. The number of ether oxygens (including phenoxy) is 2. The van der Waals surface area contributed by atoms with E-state index in [9.17, 15) is 9.59 Å². The van der Waals surface area contributed by atoms with Crippen molar-refractivity contribution in [3.63, 3.8) is 0 Å². The van der Waals surface area contributed by atoms with E-state index >= 15 is 0 Å². The van der Waals surface area contributed by atoms with Gasteiger partial charge < -0.3 is 14.6 Å². The summed E-state index contributed by atoms with van der Waals surface area (Å²) in [6, 6.07) is 0. The number of esters is 2. The summed E-state index contributed by atoms with van der Waals surface area (Å²) < 4.78 is 8.78. The number of hydrogen-bond acceptors (Lipinski definition) is 5. The second kappa shape index (κ2) is 6.15. The summed E-state index contributed by atoms with van der Waals surface area (Å²) in [6.45, 7) is 1.51. The van der Waals surface area contributed by atoms with Gasteiger partial charge in [0.1, 0.15) is 0 Å². The molecule has 0 aromatic carbocycles. The summed E-state index contributed by atoms with van der Waals surface area (Å²) >= 11 is 0. The monoisotopic (exact) mass is 202 g/mol. The summed E-state index contributed by atoms with van der Waals surface area (Å²) in [6.07, 6.45) is 0.352. The lowest BCUT2D eigenvalue weighted by Crippen LogP contribution is -2.13. The van der Waals surface area contributed by atoms with Gasteiger partial charge in [-0.05, 0) is 6.92 Å². The van der Waals surface area contributed by atoms with E-state index in [1.54, 1.807) is 0 Å². The average Bonchev–Trinajstić information content (AvgIpc) is 2.14. The Hall–Kier alpha value is -1.36. The van der Waals surface area contributed by atoms with Gasteiger partial charge in [-0.15, -0.1) is 0 Å². The Morgan fingerprint density at radius 2 is 1.93 bits per heavy atom. The number of aliphatic hydroxyl groups excluding tert-OH is 1. The van der Waals surface area contributed by atoms with Gasteiger partial charge in [0.05, 0.1) is 20.3 Å². The normalized spacial score (nSPS) is 13.3. The Morgan fingerprint density at radius 3 is 2.29 bits per heavy atom. The molecule has 0 aliphatic heterocycles. The SMILES string of the molecule is COC(=O)/C=C(/CC(C)O)C(=O)OC. The number of methoxy groups -OCH3 is 2. The van der Waals surface area contributed by atoms with Crippen molar-refractivity contribution in [2.45, 2.75) is 19.4 Å². The minimum atomic E-state index is -0.718. The quantitative estimate of drug-likeness (QED) is 0.514. The minimum absolute atomic E-state index is 0.0573. The lowest BCUT2D eigenvalue weighted by atomic mass is 10.1. The number of carbonyl (C=O) groups is 2. The molecule has 0 bridgehead atoms. The molecule has 0 aromatic rings. The van der Waals surface area contributed by atoms with Crippen LogP contribution in [0.5, 0.6) is 0 Å². The largest absolute Gasteiger partial charge is 0.466 e. The zero-order valence-electron chi connectivity index (χ0n) is 8.44. The molecule has 0 saturated heterocycles. The van der Waals surface area contributed by atoms with Crippen LogP contribution in [0.25, 0.3) is 0 Å². The van der Waals surface area contributed by atoms with Gasteiger partial charge in [0.15, 0.2) is 0 Å². The van der Waals surface area contributed by atoms with Crippen LogP contribution in [0.4, 0.5) is 0 Å². The van der Waals surface area contributed by atoms with Gasteiger partial charge in [0.25, 0.3) is 0 Å². The van der Waals surface area contributed by atoms with Crippen LogP contribution in [0.1, 0.15) is 13.3 Å². The molecule has 1 N–H and O–H groups in total. The van der Waals surface area contributed by atoms with Gasteiger partial charge in [0.2, 0.25) is 0 Å². The summed E-state index contributed by atoms with van der Waals surface area (Å²) in [5.74, 6) is -1.29. The van der Waals surface area contributed by atoms with Crippen molar-refractivity contribution in [1.29, 1.82) is 0 Å². The van der Waals surface area contributed by atoms with Gasteiger partial charge in [-0.25, -0.2) is 9.59 Å². The van der Waals surface area contributed by atoms with E-state index < -0.39 is 18.0 Å². The molecule has 0 amide bonds. The Morgan fingerprint density at radius 1 is 1.36 bits per heavy atom. The third kappa shape index (κ3) is 4.61. The first-order chi connectivity index (χ1) is 6.51. The van der Waals surface area contributed by atoms with E-state index in [2.05, 4.69) is 9.47 Å². The van der Waals surface area contributed by atoms with Crippen LogP contribution in [0.15, 0.2) is 11.6 Å². The number of hydrogen-bond donors (Lipinski definition) is 1. The van der Waals surface area contributed by atoms with Crippen molar-refractivity contribution < 1.29 is 24.2 Å². The highest BCUT2D eigenvalue weighted by molar-refractivity contribution is 5.96. The maximum absolute atomic E-state index is 11.1. The van der Waals surface area contributed by atoms with Crippen molar-refractivity contribution in [2.75, 3.05) is 14.2 Å². The summed E-state index contributed by atoms with van der Waals surface area (Å²) in [7, 11) is 2.41. The second-order valence-electron chi connectivity index (χ2n) is 2.74. The fourth-order valence-corrected chi connectivity index (χ4v) is 0.852. The Labute approximate surface area is 82.3 Å². The first-order valence-corrected chi connectivity index (χ1v) is 4.06. The molecule has 5 heteroatoms. The predicted octanol–water partition coefficient (Wildman–Crippen LogP) is 0.0297. The number of aliphatic hydroxyl groups is 1. The summed E-state index contributed by atoms with van der Waals surface area (Å²) in [4.78, 5) is 21.9. The molecule has 0 rings (SSSR count). The van der Waals surface area contributed by atoms with Crippen LogP contribution in [-0.2, 0) is 19.1 Å². The van der Waals surface area contributed by atoms with E-state index in [1.165, 1.54) is 21.1 Å². The molecular formula is C9H14O5. The highest BCUT2D eigenvalue weighted by atomic mass is 16.5. The van der Waals surface area contributed by atoms with Crippen LogP contribution in [0.2, 0.25) is 0 Å². The average molecular weight is 202 g/mol. The van der Waals surface area contributed by atoms with E-state index in [-0.39, 0.29) is 12.0 Å². The third-order valence-electron chi connectivity index (χ3n) is 1.46. The van der Waals surface area contributed by atoms with Crippen LogP contribution in [0, 0.1) is 0 Å². The van der Waals surface area contributed by atoms with Gasteiger partial charge in [-0.1, -0.05) is 0 Å². The van der Waals surface area contributed by atoms with Crippen molar-refractivity contribution in [3.8, 4) is 0 Å². The van der Waals surface area contributed by atoms with Crippen molar-refractivity contribution in [3.05, 3.63) is 11.6 Å². The van der Waals surface area contributed by atoms with Crippen LogP contribution < -0.4 is 0 Å². The van der Waals surface area contributed by atoms with E-state index in [1.807, 2.05) is 0 Å². The van der Waals surface area contributed by atoms with E-state index in [0.29, 0.717) is 0 Å². The van der Waals surface area contributed by atoms with Crippen molar-refractivity contribution >= 4 is 11.9 Å². The number of rotatable bonds is 4. The third-order valence-corrected chi connectivity index (χ3v) is 1.46. The Kier molecular flexibility index (Phi) is 5.55. The topological polar surface area (TPSA) is 72.8 Å². The highest BCUT2D eigenvalue weighted by Gasteiger charge is 2.14. The molecule has 0 heterocycles. The second-order valence-corrected chi connectivity index (χ2v) is 2.74. The molecule has 0 radical (unpaired) electrons. The lowest BCUT2D eigenvalue weighted by Gasteiger charge is -2.06. The van der Waals surface area contributed by atoms with Gasteiger partial charge in [0, 0.05) is 18.1 Å². The van der Waals surface area contributed by atoms with Crippen LogP contribution in [-0.4, -0.2) is 37.4 Å². The zero-order chi connectivity index (χ0) is 11.1. The summed E-state index contributed by atoms with van der Waals surface area (Å²) in [5.41, 5.74) is 0.0920. The molecule has 0 aliphatic rings. The van der Waals surface area contributed by atoms with Crippen molar-refractivity contribution in [1.82, 2.24) is 0 Å². The van der Waals surface area contributed by atoms with Crippen LogP contribution >= 0.6 is 0 Å². The fraction of sp³-hybridized carbons (Fsp3) is 0.556. The molecular weight excluding hydrogens is 188 g/mol. The van der Waals surface area contributed by atoms with Gasteiger partial charge in [-0.3, -0.25) is 0 Å². The molecule has 1 unspecified atom stereocenters. The maximum Gasteiger partial charge on any atom is 0.334 e. The number of carbonyl (C=O) groups excluding carboxylic acids is 2. The van der Waals surface area contributed by atoms with E-state index in [0.717, 1.165) is 6.08 Å². The lowest BCUT2D eigenvalue weighted by molar-refractivity contribution is -0.138. The fourth-order valence-electron chi connectivity index (χ4n) is 0.852. The molecule has 0 aromatic heterocycles. The zero-order valence-corrected chi connectivity index (χ0v) is 8.44.